The highest BCUT2D eigenvalue weighted by Crippen LogP contribution is 2.23. The van der Waals surface area contributed by atoms with Gasteiger partial charge in [-0.2, -0.15) is 0 Å². The SMILES string of the molecule is CCCc1ccc(NC(=O)c2ccc([N+](=O)[O-])cc2Cl)cc1. The van der Waals surface area contributed by atoms with Crippen LogP contribution in [0.2, 0.25) is 5.02 Å². The van der Waals surface area contributed by atoms with E-state index >= 15 is 0 Å². The number of anilines is 1. The number of carbonyl (C=O) groups excluding carboxylic acids is 1. The summed E-state index contributed by atoms with van der Waals surface area (Å²) in [6.45, 7) is 2.10. The smallest absolute Gasteiger partial charge is 0.270 e. The Hall–Kier alpha value is -2.40. The van der Waals surface area contributed by atoms with Gasteiger partial charge in [-0.15, -0.1) is 0 Å². The van der Waals surface area contributed by atoms with Crippen molar-refractivity contribution < 1.29 is 9.72 Å². The van der Waals surface area contributed by atoms with Crippen molar-refractivity contribution in [2.75, 3.05) is 5.32 Å². The van der Waals surface area contributed by atoms with E-state index in [-0.39, 0.29) is 16.3 Å². The lowest BCUT2D eigenvalue weighted by atomic mass is 10.1. The first-order chi connectivity index (χ1) is 10.5. The molecular formula is C16H15ClN2O3. The Balaban J connectivity index is 2.13. The number of hydrogen-bond donors (Lipinski definition) is 1. The van der Waals surface area contributed by atoms with Gasteiger partial charge in [0.1, 0.15) is 0 Å². The van der Waals surface area contributed by atoms with Crippen molar-refractivity contribution in [3.8, 4) is 0 Å². The molecule has 1 amide bonds. The molecule has 0 saturated heterocycles. The van der Waals surface area contributed by atoms with Gasteiger partial charge in [-0.25, -0.2) is 0 Å². The number of non-ortho nitro benzene ring substituents is 1. The Morgan fingerprint density at radius 1 is 1.23 bits per heavy atom. The van der Waals surface area contributed by atoms with E-state index in [9.17, 15) is 14.9 Å². The maximum absolute atomic E-state index is 12.2. The highest BCUT2D eigenvalue weighted by atomic mass is 35.5. The van der Waals surface area contributed by atoms with E-state index in [1.165, 1.54) is 23.8 Å². The number of carbonyl (C=O) groups is 1. The molecule has 0 bridgehead atoms. The van der Waals surface area contributed by atoms with Gasteiger partial charge in [-0.1, -0.05) is 37.1 Å². The average molecular weight is 319 g/mol. The van der Waals surface area contributed by atoms with Gasteiger partial charge in [-0.3, -0.25) is 14.9 Å². The van der Waals surface area contributed by atoms with Crippen LogP contribution in [0.25, 0.3) is 0 Å². The van der Waals surface area contributed by atoms with Crippen molar-refractivity contribution in [3.63, 3.8) is 0 Å². The van der Waals surface area contributed by atoms with E-state index < -0.39 is 10.8 Å². The molecule has 5 nitrogen and oxygen atoms in total. The Labute approximate surface area is 133 Å². The number of rotatable bonds is 5. The lowest BCUT2D eigenvalue weighted by Crippen LogP contribution is -2.12. The normalized spacial score (nSPS) is 10.3. The zero-order chi connectivity index (χ0) is 16.1. The van der Waals surface area contributed by atoms with Crippen molar-refractivity contribution in [3.05, 3.63) is 68.7 Å². The van der Waals surface area contributed by atoms with Gasteiger partial charge in [0.25, 0.3) is 11.6 Å². The molecule has 0 spiro atoms. The molecule has 22 heavy (non-hydrogen) atoms. The third-order valence-electron chi connectivity index (χ3n) is 3.16. The molecule has 0 saturated carbocycles. The van der Waals surface area contributed by atoms with Gasteiger partial charge >= 0.3 is 0 Å². The number of nitro groups is 1. The van der Waals surface area contributed by atoms with Crippen molar-refractivity contribution in [2.24, 2.45) is 0 Å². The zero-order valence-electron chi connectivity index (χ0n) is 12.0. The average Bonchev–Trinajstić information content (AvgIpc) is 2.49. The summed E-state index contributed by atoms with van der Waals surface area (Å²) in [7, 11) is 0. The second-order valence-electron chi connectivity index (χ2n) is 4.82. The predicted octanol–water partition coefficient (Wildman–Crippen LogP) is 4.45. The van der Waals surface area contributed by atoms with Crippen LogP contribution in [0.3, 0.4) is 0 Å². The number of hydrogen-bond acceptors (Lipinski definition) is 3. The molecule has 0 aromatic heterocycles. The van der Waals surface area contributed by atoms with Crippen molar-refractivity contribution >= 4 is 28.9 Å². The molecule has 2 aromatic carbocycles. The van der Waals surface area contributed by atoms with Crippen molar-refractivity contribution in [1.82, 2.24) is 0 Å². The predicted molar refractivity (Wildman–Crippen MR) is 86.5 cm³/mol. The number of amides is 1. The standard InChI is InChI=1S/C16H15ClN2O3/c1-2-3-11-4-6-12(7-5-11)18-16(20)14-9-8-13(19(21)22)10-15(14)17/h4-10H,2-3H2,1H3,(H,18,20). The number of aryl methyl sites for hydroxylation is 1. The summed E-state index contributed by atoms with van der Waals surface area (Å²) >= 11 is 5.94. The number of nitrogens with one attached hydrogen (secondary N) is 1. The Bertz CT molecular complexity index is 699. The molecule has 0 atom stereocenters. The van der Waals surface area contributed by atoms with Crippen LogP contribution in [-0.2, 0) is 6.42 Å². The number of nitro benzene ring substituents is 1. The van der Waals surface area contributed by atoms with Gasteiger partial charge in [0, 0.05) is 17.8 Å². The van der Waals surface area contributed by atoms with E-state index in [0.29, 0.717) is 5.69 Å². The van der Waals surface area contributed by atoms with Crippen LogP contribution in [0, 0.1) is 10.1 Å². The molecule has 2 aromatic rings. The highest BCUT2D eigenvalue weighted by molar-refractivity contribution is 6.34. The van der Waals surface area contributed by atoms with E-state index in [4.69, 9.17) is 11.6 Å². The van der Waals surface area contributed by atoms with E-state index in [2.05, 4.69) is 12.2 Å². The van der Waals surface area contributed by atoms with Crippen LogP contribution in [-0.4, -0.2) is 10.8 Å². The minimum absolute atomic E-state index is 0.0503. The van der Waals surface area contributed by atoms with Crippen LogP contribution in [0.15, 0.2) is 42.5 Å². The minimum atomic E-state index is -0.556. The zero-order valence-corrected chi connectivity index (χ0v) is 12.8. The fourth-order valence-electron chi connectivity index (χ4n) is 2.04. The molecule has 0 fully saturated rings. The van der Waals surface area contributed by atoms with Crippen LogP contribution in [0.4, 0.5) is 11.4 Å². The third-order valence-corrected chi connectivity index (χ3v) is 3.47. The Morgan fingerprint density at radius 3 is 2.45 bits per heavy atom. The summed E-state index contributed by atoms with van der Waals surface area (Å²) in [4.78, 5) is 22.3. The van der Waals surface area contributed by atoms with Gasteiger partial charge in [-0.05, 0) is 30.2 Å². The Morgan fingerprint density at radius 2 is 1.91 bits per heavy atom. The summed E-state index contributed by atoms with van der Waals surface area (Å²) in [6.07, 6.45) is 2.05. The van der Waals surface area contributed by atoms with Crippen LogP contribution >= 0.6 is 11.6 Å². The quantitative estimate of drug-likeness (QED) is 0.653. The highest BCUT2D eigenvalue weighted by Gasteiger charge is 2.15. The lowest BCUT2D eigenvalue weighted by Gasteiger charge is -2.07. The molecular weight excluding hydrogens is 304 g/mol. The van der Waals surface area contributed by atoms with Crippen molar-refractivity contribution in [2.45, 2.75) is 19.8 Å². The molecule has 0 radical (unpaired) electrons. The molecule has 0 heterocycles. The first-order valence-electron chi connectivity index (χ1n) is 6.85. The van der Waals surface area contributed by atoms with Crippen LogP contribution in [0.1, 0.15) is 29.3 Å². The molecule has 1 N–H and O–H groups in total. The van der Waals surface area contributed by atoms with Gasteiger partial charge in [0.15, 0.2) is 0 Å². The molecule has 0 aliphatic heterocycles. The van der Waals surface area contributed by atoms with Gasteiger partial charge in [0.2, 0.25) is 0 Å². The summed E-state index contributed by atoms with van der Waals surface area (Å²) < 4.78 is 0. The molecule has 0 unspecified atom stereocenters. The summed E-state index contributed by atoms with van der Waals surface area (Å²) in [5.74, 6) is -0.400. The van der Waals surface area contributed by atoms with Crippen LogP contribution < -0.4 is 5.32 Å². The molecule has 114 valence electrons. The van der Waals surface area contributed by atoms with Crippen molar-refractivity contribution in [1.29, 1.82) is 0 Å². The van der Waals surface area contributed by atoms with Crippen LogP contribution in [0.5, 0.6) is 0 Å². The fraction of sp³-hybridized carbons (Fsp3) is 0.188. The second-order valence-corrected chi connectivity index (χ2v) is 5.23. The molecule has 0 aliphatic carbocycles. The van der Waals surface area contributed by atoms with Gasteiger partial charge < -0.3 is 5.32 Å². The van der Waals surface area contributed by atoms with E-state index in [0.717, 1.165) is 12.8 Å². The minimum Gasteiger partial charge on any atom is -0.322 e. The largest absolute Gasteiger partial charge is 0.322 e. The number of halogens is 1. The third kappa shape index (κ3) is 3.83. The fourth-order valence-corrected chi connectivity index (χ4v) is 2.30. The maximum atomic E-state index is 12.2. The second kappa shape index (κ2) is 7.04. The summed E-state index contributed by atoms with van der Waals surface area (Å²) in [5, 5.41) is 13.4. The Kier molecular flexibility index (Phi) is 5.12. The number of benzene rings is 2. The monoisotopic (exact) mass is 318 g/mol. The first-order valence-corrected chi connectivity index (χ1v) is 7.23. The van der Waals surface area contributed by atoms with E-state index in [1.54, 1.807) is 0 Å². The molecule has 0 aliphatic rings. The first kappa shape index (κ1) is 16.0. The lowest BCUT2D eigenvalue weighted by molar-refractivity contribution is -0.384. The summed E-state index contributed by atoms with van der Waals surface area (Å²) in [6, 6.07) is 11.3. The summed E-state index contributed by atoms with van der Waals surface area (Å²) in [5.41, 5.74) is 1.91. The maximum Gasteiger partial charge on any atom is 0.270 e. The molecule has 2 rings (SSSR count). The number of nitrogens with zero attached hydrogens (tertiary/aromatic N) is 1. The van der Waals surface area contributed by atoms with Gasteiger partial charge in [0.05, 0.1) is 15.5 Å². The van der Waals surface area contributed by atoms with E-state index in [1.807, 2.05) is 24.3 Å². The molecule has 6 heteroatoms. The topological polar surface area (TPSA) is 72.2 Å².